The van der Waals surface area contributed by atoms with Crippen LogP contribution >= 0.6 is 23.2 Å². The SMILES string of the molecule is CCCCCCCCCCOC(=O)CC(=O)OCC(Cl)Cl. The number of alkyl halides is 2. The van der Waals surface area contributed by atoms with Crippen LogP contribution in [0.4, 0.5) is 0 Å². The van der Waals surface area contributed by atoms with E-state index in [1.54, 1.807) is 0 Å². The molecule has 0 N–H and O–H groups in total. The van der Waals surface area contributed by atoms with Gasteiger partial charge in [-0.3, -0.25) is 9.59 Å². The topological polar surface area (TPSA) is 52.6 Å². The molecule has 0 bridgehead atoms. The molecule has 0 amide bonds. The summed E-state index contributed by atoms with van der Waals surface area (Å²) in [6.45, 7) is 2.44. The molecular weight excluding hydrogens is 315 g/mol. The molecule has 0 heterocycles. The average molecular weight is 341 g/mol. The van der Waals surface area contributed by atoms with Crippen LogP contribution in [0.1, 0.15) is 64.7 Å². The summed E-state index contributed by atoms with van der Waals surface area (Å²) in [5.41, 5.74) is 0. The van der Waals surface area contributed by atoms with Crippen molar-refractivity contribution in [1.82, 2.24) is 0 Å². The molecule has 0 rings (SSSR count). The second-order valence-electron chi connectivity index (χ2n) is 4.95. The molecule has 0 saturated heterocycles. The molecule has 0 aliphatic carbocycles. The second-order valence-corrected chi connectivity index (χ2v) is 6.22. The molecule has 0 aromatic carbocycles. The third kappa shape index (κ3) is 15.7. The first-order chi connectivity index (χ1) is 10.1. The maximum absolute atomic E-state index is 11.3. The van der Waals surface area contributed by atoms with E-state index in [9.17, 15) is 9.59 Å². The Morgan fingerprint density at radius 3 is 1.95 bits per heavy atom. The summed E-state index contributed by atoms with van der Waals surface area (Å²) in [5.74, 6) is -1.23. The van der Waals surface area contributed by atoms with Crippen molar-refractivity contribution in [3.8, 4) is 0 Å². The minimum Gasteiger partial charge on any atom is -0.465 e. The predicted molar refractivity (Wildman–Crippen MR) is 84.6 cm³/mol. The summed E-state index contributed by atoms with van der Waals surface area (Å²) in [7, 11) is 0. The monoisotopic (exact) mass is 340 g/mol. The summed E-state index contributed by atoms with van der Waals surface area (Å²) in [4.78, 5) is 21.7. The second kappa shape index (κ2) is 14.5. The zero-order valence-corrected chi connectivity index (χ0v) is 14.3. The number of unbranched alkanes of at least 4 members (excludes halogenated alkanes) is 7. The van der Waals surface area contributed by atoms with E-state index in [2.05, 4.69) is 11.7 Å². The van der Waals surface area contributed by atoms with E-state index in [1.807, 2.05) is 0 Å². The highest BCUT2D eigenvalue weighted by molar-refractivity contribution is 6.44. The summed E-state index contributed by atoms with van der Waals surface area (Å²) in [6, 6.07) is 0. The van der Waals surface area contributed by atoms with Crippen molar-refractivity contribution in [3.63, 3.8) is 0 Å². The van der Waals surface area contributed by atoms with Crippen molar-refractivity contribution >= 4 is 35.1 Å². The van der Waals surface area contributed by atoms with Gasteiger partial charge in [0.25, 0.3) is 0 Å². The number of carbonyl (C=O) groups is 2. The van der Waals surface area contributed by atoms with Gasteiger partial charge in [0.05, 0.1) is 6.61 Å². The molecule has 0 spiro atoms. The molecule has 6 heteroatoms. The van der Waals surface area contributed by atoms with Gasteiger partial charge >= 0.3 is 11.9 Å². The molecule has 0 atom stereocenters. The summed E-state index contributed by atoms with van der Waals surface area (Å²) in [5, 5.41) is 0. The quantitative estimate of drug-likeness (QED) is 0.216. The van der Waals surface area contributed by atoms with Crippen molar-refractivity contribution in [3.05, 3.63) is 0 Å². The Balaban J connectivity index is 3.35. The van der Waals surface area contributed by atoms with Crippen molar-refractivity contribution < 1.29 is 19.1 Å². The lowest BCUT2D eigenvalue weighted by Gasteiger charge is -2.06. The number of carbonyl (C=O) groups excluding carboxylic acids is 2. The number of ether oxygens (including phenoxy) is 2. The fourth-order valence-electron chi connectivity index (χ4n) is 1.80. The average Bonchev–Trinajstić information content (AvgIpc) is 2.43. The Labute approximate surface area is 137 Å². The van der Waals surface area contributed by atoms with E-state index in [1.165, 1.54) is 32.1 Å². The van der Waals surface area contributed by atoms with Crippen LogP contribution < -0.4 is 0 Å². The Morgan fingerprint density at radius 1 is 0.857 bits per heavy atom. The summed E-state index contributed by atoms with van der Waals surface area (Å²) in [6.07, 6.45) is 9.04. The highest BCUT2D eigenvalue weighted by Gasteiger charge is 2.13. The highest BCUT2D eigenvalue weighted by Crippen LogP contribution is 2.08. The minimum atomic E-state index is -0.776. The van der Waals surface area contributed by atoms with Crippen LogP contribution in [0.3, 0.4) is 0 Å². The van der Waals surface area contributed by atoms with Crippen LogP contribution in [0.2, 0.25) is 0 Å². The van der Waals surface area contributed by atoms with Crippen LogP contribution in [0, 0.1) is 0 Å². The standard InChI is InChI=1S/C15H26Cl2O4/c1-2-3-4-5-6-7-8-9-10-20-14(18)11-15(19)21-12-13(16)17/h13H,2-12H2,1H3. The minimum absolute atomic E-state index is 0.118. The molecule has 0 aliphatic rings. The number of esters is 2. The molecule has 0 aromatic rings. The van der Waals surface area contributed by atoms with E-state index in [0.717, 1.165) is 19.3 Å². The molecule has 124 valence electrons. The van der Waals surface area contributed by atoms with E-state index in [4.69, 9.17) is 27.9 Å². The first-order valence-corrected chi connectivity index (χ1v) is 8.53. The van der Waals surface area contributed by atoms with Crippen LogP contribution in [-0.4, -0.2) is 30.0 Å². The van der Waals surface area contributed by atoms with Crippen molar-refractivity contribution in [2.45, 2.75) is 69.5 Å². The lowest BCUT2D eigenvalue weighted by Crippen LogP contribution is -2.16. The van der Waals surface area contributed by atoms with Gasteiger partial charge in [0.15, 0.2) is 0 Å². The van der Waals surface area contributed by atoms with Crippen molar-refractivity contribution in [2.75, 3.05) is 13.2 Å². The maximum atomic E-state index is 11.3. The normalized spacial score (nSPS) is 10.7. The zero-order chi connectivity index (χ0) is 15.9. The smallest absolute Gasteiger partial charge is 0.317 e. The summed E-state index contributed by atoms with van der Waals surface area (Å²) < 4.78 is 9.62. The third-order valence-corrected chi connectivity index (χ3v) is 3.17. The van der Waals surface area contributed by atoms with Gasteiger partial charge in [-0.1, -0.05) is 51.9 Å². The zero-order valence-electron chi connectivity index (χ0n) is 12.7. The van der Waals surface area contributed by atoms with Gasteiger partial charge < -0.3 is 9.47 Å². The fraction of sp³-hybridized carbons (Fsp3) is 0.867. The largest absolute Gasteiger partial charge is 0.465 e. The molecule has 0 aliphatic heterocycles. The van der Waals surface area contributed by atoms with E-state index in [-0.39, 0.29) is 6.61 Å². The lowest BCUT2D eigenvalue weighted by atomic mass is 10.1. The fourth-order valence-corrected chi connectivity index (χ4v) is 1.92. The van der Waals surface area contributed by atoms with Crippen LogP contribution in [0.25, 0.3) is 0 Å². The van der Waals surface area contributed by atoms with Crippen molar-refractivity contribution in [1.29, 1.82) is 0 Å². The first kappa shape index (κ1) is 20.5. The van der Waals surface area contributed by atoms with E-state index in [0.29, 0.717) is 6.61 Å². The Hall–Kier alpha value is -0.480. The highest BCUT2D eigenvalue weighted by atomic mass is 35.5. The van der Waals surface area contributed by atoms with Crippen LogP contribution in [0.15, 0.2) is 0 Å². The van der Waals surface area contributed by atoms with Gasteiger partial charge in [-0.05, 0) is 6.42 Å². The third-order valence-electron chi connectivity index (χ3n) is 2.92. The summed E-state index contributed by atoms with van der Waals surface area (Å²) >= 11 is 10.8. The Kier molecular flexibility index (Phi) is 14.1. The molecule has 0 unspecified atom stereocenters. The molecule has 0 fully saturated rings. The molecule has 0 radical (unpaired) electrons. The Bertz CT molecular complexity index is 283. The predicted octanol–water partition coefficient (Wildman–Crippen LogP) is 4.41. The Morgan fingerprint density at radius 2 is 1.38 bits per heavy atom. The van der Waals surface area contributed by atoms with Gasteiger partial charge in [0.2, 0.25) is 0 Å². The number of hydrogen-bond donors (Lipinski definition) is 0. The van der Waals surface area contributed by atoms with Gasteiger partial charge in [-0.25, -0.2) is 0 Å². The van der Waals surface area contributed by atoms with E-state index < -0.39 is 23.2 Å². The van der Waals surface area contributed by atoms with Gasteiger partial charge in [0.1, 0.15) is 17.9 Å². The maximum Gasteiger partial charge on any atom is 0.317 e. The first-order valence-electron chi connectivity index (χ1n) is 7.65. The molecule has 0 aromatic heterocycles. The molecular formula is C15H26Cl2O4. The van der Waals surface area contributed by atoms with Crippen molar-refractivity contribution in [2.24, 2.45) is 0 Å². The van der Waals surface area contributed by atoms with E-state index >= 15 is 0 Å². The molecule has 4 nitrogen and oxygen atoms in total. The van der Waals surface area contributed by atoms with Gasteiger partial charge in [-0.2, -0.15) is 0 Å². The van der Waals surface area contributed by atoms with Crippen LogP contribution in [-0.2, 0) is 19.1 Å². The van der Waals surface area contributed by atoms with Gasteiger partial charge in [-0.15, -0.1) is 23.2 Å². The lowest BCUT2D eigenvalue weighted by molar-refractivity contribution is -0.154. The number of rotatable bonds is 13. The molecule has 21 heavy (non-hydrogen) atoms. The molecule has 0 saturated carbocycles. The van der Waals surface area contributed by atoms with Gasteiger partial charge in [0, 0.05) is 0 Å². The number of hydrogen-bond acceptors (Lipinski definition) is 4. The van der Waals surface area contributed by atoms with Crippen LogP contribution in [0.5, 0.6) is 0 Å². The number of halogens is 2.